The predicted molar refractivity (Wildman–Crippen MR) is 114 cm³/mol. The zero-order valence-electron chi connectivity index (χ0n) is 17.0. The first kappa shape index (κ1) is 21.1. The van der Waals surface area contributed by atoms with E-state index < -0.39 is 0 Å². The first-order valence-corrected chi connectivity index (χ1v) is 10.3. The molecule has 1 aromatic heterocycles. The molecule has 1 saturated carbocycles. The second kappa shape index (κ2) is 9.23. The zero-order chi connectivity index (χ0) is 21.0. The second-order valence-electron chi connectivity index (χ2n) is 7.86. The van der Waals surface area contributed by atoms with E-state index in [9.17, 15) is 4.79 Å². The Bertz CT molecular complexity index is 898. The number of nitriles is 1. The van der Waals surface area contributed by atoms with E-state index in [2.05, 4.69) is 26.5 Å². The number of hydrogen-bond donors (Lipinski definition) is 1. The molecule has 29 heavy (non-hydrogen) atoms. The van der Waals surface area contributed by atoms with Crippen LogP contribution in [0, 0.1) is 11.3 Å². The molecule has 0 radical (unpaired) electrons. The van der Waals surface area contributed by atoms with Gasteiger partial charge in [-0.2, -0.15) is 10.4 Å². The van der Waals surface area contributed by atoms with Gasteiger partial charge in [0.15, 0.2) is 5.69 Å². The van der Waals surface area contributed by atoms with Gasteiger partial charge in [0, 0.05) is 24.8 Å². The number of aromatic nitrogens is 2. The molecule has 152 valence electrons. The van der Waals surface area contributed by atoms with Crippen molar-refractivity contribution in [1.29, 1.82) is 5.26 Å². The molecule has 0 unspecified atom stereocenters. The summed E-state index contributed by atoms with van der Waals surface area (Å²) < 4.78 is 0. The largest absolute Gasteiger partial charge is 0.372 e. The molecule has 0 saturated heterocycles. The minimum absolute atomic E-state index is 0.142. The molecular formula is C22H26ClN5O. The highest BCUT2D eigenvalue weighted by molar-refractivity contribution is 6.32. The fourth-order valence-electron chi connectivity index (χ4n) is 3.66. The van der Waals surface area contributed by atoms with Crippen molar-refractivity contribution in [3.05, 3.63) is 52.3 Å². The lowest BCUT2D eigenvalue weighted by atomic mass is 9.90. The maximum absolute atomic E-state index is 12.5. The van der Waals surface area contributed by atoms with Crippen molar-refractivity contribution in [1.82, 2.24) is 15.5 Å². The summed E-state index contributed by atoms with van der Waals surface area (Å²) in [5, 5.41) is 20.8. The Morgan fingerprint density at radius 3 is 2.48 bits per heavy atom. The van der Waals surface area contributed by atoms with Gasteiger partial charge in [0.05, 0.1) is 16.3 Å². The van der Waals surface area contributed by atoms with E-state index in [4.69, 9.17) is 16.9 Å². The predicted octanol–water partition coefficient (Wildman–Crippen LogP) is 4.30. The third-order valence-electron chi connectivity index (χ3n) is 5.57. The van der Waals surface area contributed by atoms with Crippen LogP contribution in [0.3, 0.4) is 0 Å². The quantitative estimate of drug-likeness (QED) is 0.792. The number of carbonyl (C=O) groups is 1. The number of benzene rings is 1. The second-order valence-corrected chi connectivity index (χ2v) is 8.27. The highest BCUT2D eigenvalue weighted by Crippen LogP contribution is 2.29. The van der Waals surface area contributed by atoms with Crippen molar-refractivity contribution < 1.29 is 4.79 Å². The molecule has 0 bridgehead atoms. The fourth-order valence-corrected chi connectivity index (χ4v) is 3.88. The van der Waals surface area contributed by atoms with Crippen molar-refractivity contribution in [3.8, 4) is 6.07 Å². The molecule has 0 spiro atoms. The van der Waals surface area contributed by atoms with E-state index in [0.29, 0.717) is 22.3 Å². The number of nitrogens with one attached hydrogen (secondary N) is 1. The molecule has 3 rings (SSSR count). The molecule has 2 aromatic rings. The van der Waals surface area contributed by atoms with Gasteiger partial charge in [0.25, 0.3) is 5.91 Å². The highest BCUT2D eigenvalue weighted by Gasteiger charge is 2.26. The van der Waals surface area contributed by atoms with Crippen molar-refractivity contribution in [3.63, 3.8) is 0 Å². The van der Waals surface area contributed by atoms with Crippen LogP contribution in [0.1, 0.15) is 67.2 Å². The molecule has 1 heterocycles. The molecule has 1 N–H and O–H groups in total. The molecule has 1 aromatic carbocycles. The van der Waals surface area contributed by atoms with Crippen LogP contribution in [0.25, 0.3) is 0 Å². The topological polar surface area (TPSA) is 81.9 Å². The van der Waals surface area contributed by atoms with Crippen LogP contribution in [0.4, 0.5) is 5.69 Å². The molecule has 0 aliphatic heterocycles. The van der Waals surface area contributed by atoms with Crippen LogP contribution >= 0.6 is 11.6 Å². The van der Waals surface area contributed by atoms with E-state index in [1.807, 2.05) is 39.1 Å². The Kier molecular flexibility index (Phi) is 6.71. The van der Waals surface area contributed by atoms with E-state index in [1.54, 1.807) is 12.1 Å². The van der Waals surface area contributed by atoms with Crippen LogP contribution in [0.5, 0.6) is 0 Å². The molecule has 7 heteroatoms. The molecule has 1 aliphatic rings. The first-order chi connectivity index (χ1) is 13.9. The van der Waals surface area contributed by atoms with Gasteiger partial charge < -0.3 is 10.2 Å². The van der Waals surface area contributed by atoms with Gasteiger partial charge in [0.1, 0.15) is 6.07 Å². The van der Waals surface area contributed by atoms with E-state index in [1.165, 1.54) is 0 Å². The number of hydrogen-bond acceptors (Lipinski definition) is 5. The SMILES string of the molecule is CC(C)c1ccc(C(=O)NC2CCC(N(C)c3ccc(C#N)c(Cl)c3)CC2)nn1. The zero-order valence-corrected chi connectivity index (χ0v) is 17.8. The number of amides is 1. The number of carbonyl (C=O) groups excluding carboxylic acids is 1. The number of nitrogens with zero attached hydrogens (tertiary/aromatic N) is 4. The average molecular weight is 412 g/mol. The van der Waals surface area contributed by atoms with Gasteiger partial charge >= 0.3 is 0 Å². The molecule has 1 fully saturated rings. The van der Waals surface area contributed by atoms with Crippen molar-refractivity contribution in [2.24, 2.45) is 0 Å². The number of halogens is 1. The van der Waals surface area contributed by atoms with E-state index >= 15 is 0 Å². The van der Waals surface area contributed by atoms with Gasteiger partial charge in [0.2, 0.25) is 0 Å². The van der Waals surface area contributed by atoms with Crippen molar-refractivity contribution in [2.75, 3.05) is 11.9 Å². The Labute approximate surface area is 176 Å². The minimum atomic E-state index is -0.163. The van der Waals surface area contributed by atoms with Crippen molar-refractivity contribution in [2.45, 2.75) is 57.5 Å². The number of rotatable bonds is 5. The van der Waals surface area contributed by atoms with Gasteiger partial charge in [-0.3, -0.25) is 4.79 Å². The summed E-state index contributed by atoms with van der Waals surface area (Å²) in [6.07, 6.45) is 3.75. The molecular weight excluding hydrogens is 386 g/mol. The van der Waals surface area contributed by atoms with Crippen LogP contribution in [0.2, 0.25) is 5.02 Å². The van der Waals surface area contributed by atoms with Crippen molar-refractivity contribution >= 4 is 23.2 Å². The Hall–Kier alpha value is -2.65. The number of anilines is 1. The Balaban J connectivity index is 1.54. The van der Waals surface area contributed by atoms with Crippen LogP contribution < -0.4 is 10.2 Å². The lowest BCUT2D eigenvalue weighted by molar-refractivity contribution is 0.0919. The average Bonchev–Trinajstić information content (AvgIpc) is 2.73. The van der Waals surface area contributed by atoms with Crippen LogP contribution in [-0.2, 0) is 0 Å². The molecule has 1 amide bonds. The first-order valence-electron chi connectivity index (χ1n) is 9.96. The summed E-state index contributed by atoms with van der Waals surface area (Å²) in [5.41, 5.74) is 2.73. The third-order valence-corrected chi connectivity index (χ3v) is 5.88. The maximum Gasteiger partial charge on any atom is 0.272 e. The standard InChI is InChI=1S/C22H26ClN5O/c1-14(2)20-10-11-21(27-26-20)22(29)25-16-5-8-17(9-6-16)28(3)18-7-4-15(13-24)19(23)12-18/h4,7,10-12,14,16-17H,5-6,8-9H2,1-3H3,(H,25,29). The lowest BCUT2D eigenvalue weighted by Gasteiger charge is -2.36. The normalized spacial score (nSPS) is 18.9. The van der Waals surface area contributed by atoms with Gasteiger partial charge in [-0.15, -0.1) is 5.10 Å². The van der Waals surface area contributed by atoms with Crippen LogP contribution in [-0.4, -0.2) is 35.2 Å². The highest BCUT2D eigenvalue weighted by atomic mass is 35.5. The smallest absolute Gasteiger partial charge is 0.272 e. The molecule has 0 atom stereocenters. The summed E-state index contributed by atoms with van der Waals surface area (Å²) in [7, 11) is 2.05. The summed E-state index contributed by atoms with van der Waals surface area (Å²) in [6.45, 7) is 4.09. The monoisotopic (exact) mass is 411 g/mol. The third kappa shape index (κ3) is 5.04. The van der Waals surface area contributed by atoms with E-state index in [-0.39, 0.29) is 17.9 Å². The minimum Gasteiger partial charge on any atom is -0.372 e. The van der Waals surface area contributed by atoms with Crippen LogP contribution in [0.15, 0.2) is 30.3 Å². The van der Waals surface area contributed by atoms with Gasteiger partial charge in [-0.05, 0) is 61.9 Å². The summed E-state index contributed by atoms with van der Waals surface area (Å²) >= 11 is 6.17. The summed E-state index contributed by atoms with van der Waals surface area (Å²) in [5.74, 6) is 0.126. The van der Waals surface area contributed by atoms with Gasteiger partial charge in [-0.25, -0.2) is 0 Å². The Morgan fingerprint density at radius 2 is 1.93 bits per heavy atom. The maximum atomic E-state index is 12.5. The molecule has 1 aliphatic carbocycles. The van der Waals surface area contributed by atoms with Gasteiger partial charge in [-0.1, -0.05) is 25.4 Å². The summed E-state index contributed by atoms with van der Waals surface area (Å²) in [4.78, 5) is 14.7. The van der Waals surface area contributed by atoms with E-state index in [0.717, 1.165) is 37.1 Å². The molecule has 6 nitrogen and oxygen atoms in total. The fraction of sp³-hybridized carbons (Fsp3) is 0.455. The lowest BCUT2D eigenvalue weighted by Crippen LogP contribution is -2.43. The Morgan fingerprint density at radius 1 is 1.21 bits per heavy atom. The summed E-state index contributed by atoms with van der Waals surface area (Å²) in [6, 6.07) is 11.7.